The van der Waals surface area contributed by atoms with E-state index >= 15 is 0 Å². The summed E-state index contributed by atoms with van der Waals surface area (Å²) in [6.07, 6.45) is 9.78. The number of allylic oxidation sites excluding steroid dienone is 1. The van der Waals surface area contributed by atoms with Crippen LogP contribution < -0.4 is 0 Å². The Bertz CT molecular complexity index is 341. The fraction of sp³-hybridized carbons (Fsp3) is 0.545. The van der Waals surface area contributed by atoms with E-state index in [0.717, 1.165) is 24.2 Å². The molecular weight excluding hydrogens is 176 g/mol. The van der Waals surface area contributed by atoms with E-state index < -0.39 is 6.10 Å². The zero-order valence-electron chi connectivity index (χ0n) is 8.48. The molecule has 1 unspecified atom stereocenters. The van der Waals surface area contributed by atoms with E-state index in [-0.39, 0.29) is 0 Å². The van der Waals surface area contributed by atoms with Crippen molar-refractivity contribution in [1.82, 2.24) is 9.55 Å². The lowest BCUT2D eigenvalue weighted by Crippen LogP contribution is -2.09. The Morgan fingerprint density at radius 2 is 2.36 bits per heavy atom. The Morgan fingerprint density at radius 1 is 1.50 bits per heavy atom. The second-order valence-electron chi connectivity index (χ2n) is 3.82. The molecule has 1 aliphatic rings. The molecule has 14 heavy (non-hydrogen) atoms. The van der Waals surface area contributed by atoms with E-state index in [1.54, 1.807) is 6.20 Å². The minimum atomic E-state index is -0.504. The monoisotopic (exact) mass is 192 g/mol. The van der Waals surface area contributed by atoms with Gasteiger partial charge in [0.25, 0.3) is 0 Å². The molecule has 0 spiro atoms. The Morgan fingerprint density at radius 3 is 2.93 bits per heavy atom. The molecule has 3 nitrogen and oxygen atoms in total. The van der Waals surface area contributed by atoms with Crippen molar-refractivity contribution in [2.75, 3.05) is 0 Å². The van der Waals surface area contributed by atoms with Crippen LogP contribution in [0.25, 0.3) is 0 Å². The van der Waals surface area contributed by atoms with Crippen LogP contribution in [0.4, 0.5) is 0 Å². The van der Waals surface area contributed by atoms with Gasteiger partial charge in [0.2, 0.25) is 0 Å². The molecule has 0 fully saturated rings. The average molecular weight is 192 g/mol. The van der Waals surface area contributed by atoms with Crippen molar-refractivity contribution in [2.24, 2.45) is 7.05 Å². The molecule has 1 heterocycles. The minimum Gasteiger partial charge on any atom is -0.381 e. The van der Waals surface area contributed by atoms with Crippen LogP contribution in [-0.2, 0) is 7.05 Å². The molecule has 1 aromatic rings. The summed E-state index contributed by atoms with van der Waals surface area (Å²) in [6, 6.07) is 0. The number of aliphatic hydroxyl groups is 1. The first kappa shape index (κ1) is 9.46. The van der Waals surface area contributed by atoms with E-state index in [0.29, 0.717) is 0 Å². The van der Waals surface area contributed by atoms with Gasteiger partial charge in [0.1, 0.15) is 11.9 Å². The van der Waals surface area contributed by atoms with Gasteiger partial charge in [-0.15, -0.1) is 0 Å². The van der Waals surface area contributed by atoms with Crippen molar-refractivity contribution < 1.29 is 5.11 Å². The third kappa shape index (κ3) is 1.73. The SMILES string of the molecule is Cn1ccnc1C(O)C1=CCCCC1. The van der Waals surface area contributed by atoms with Gasteiger partial charge in [-0.2, -0.15) is 0 Å². The maximum absolute atomic E-state index is 10.1. The van der Waals surface area contributed by atoms with Crippen LogP contribution in [-0.4, -0.2) is 14.7 Å². The van der Waals surface area contributed by atoms with Gasteiger partial charge in [0.05, 0.1) is 0 Å². The molecule has 76 valence electrons. The maximum atomic E-state index is 10.1. The summed E-state index contributed by atoms with van der Waals surface area (Å²) < 4.78 is 1.88. The number of aliphatic hydroxyl groups excluding tert-OH is 1. The summed E-state index contributed by atoms with van der Waals surface area (Å²) in [4.78, 5) is 4.16. The molecular formula is C11H16N2O. The van der Waals surface area contributed by atoms with Gasteiger partial charge in [-0.1, -0.05) is 6.08 Å². The lowest BCUT2D eigenvalue weighted by Gasteiger charge is -2.18. The van der Waals surface area contributed by atoms with Gasteiger partial charge in [-0.05, 0) is 31.3 Å². The second kappa shape index (κ2) is 3.96. The van der Waals surface area contributed by atoms with Crippen molar-refractivity contribution in [3.63, 3.8) is 0 Å². The zero-order chi connectivity index (χ0) is 9.97. The zero-order valence-corrected chi connectivity index (χ0v) is 8.48. The van der Waals surface area contributed by atoms with Crippen molar-refractivity contribution >= 4 is 0 Å². The fourth-order valence-electron chi connectivity index (χ4n) is 1.92. The van der Waals surface area contributed by atoms with E-state index in [1.165, 1.54) is 12.8 Å². The molecule has 0 aromatic carbocycles. The number of hydrogen-bond donors (Lipinski definition) is 1. The topological polar surface area (TPSA) is 38.0 Å². The Hall–Kier alpha value is -1.09. The highest BCUT2D eigenvalue weighted by Gasteiger charge is 2.18. The van der Waals surface area contributed by atoms with Gasteiger partial charge in [-0.25, -0.2) is 4.98 Å². The normalized spacial score (nSPS) is 19.1. The third-order valence-corrected chi connectivity index (χ3v) is 2.78. The highest BCUT2D eigenvalue weighted by atomic mass is 16.3. The summed E-state index contributed by atoms with van der Waals surface area (Å²) in [5, 5.41) is 10.1. The number of hydrogen-bond acceptors (Lipinski definition) is 2. The quantitative estimate of drug-likeness (QED) is 0.727. The fourth-order valence-corrected chi connectivity index (χ4v) is 1.92. The Kier molecular flexibility index (Phi) is 2.68. The summed E-state index contributed by atoms with van der Waals surface area (Å²) in [7, 11) is 1.91. The van der Waals surface area contributed by atoms with E-state index in [9.17, 15) is 5.11 Å². The molecule has 0 saturated heterocycles. The van der Waals surface area contributed by atoms with Crippen LogP contribution in [0.2, 0.25) is 0 Å². The maximum Gasteiger partial charge on any atom is 0.141 e. The van der Waals surface area contributed by atoms with Gasteiger partial charge in [0.15, 0.2) is 0 Å². The molecule has 0 saturated carbocycles. The first-order valence-electron chi connectivity index (χ1n) is 5.13. The second-order valence-corrected chi connectivity index (χ2v) is 3.82. The lowest BCUT2D eigenvalue weighted by molar-refractivity contribution is 0.194. The van der Waals surface area contributed by atoms with Gasteiger partial charge in [-0.3, -0.25) is 0 Å². The molecule has 1 N–H and O–H groups in total. The molecule has 0 aliphatic heterocycles. The number of imidazole rings is 1. The highest BCUT2D eigenvalue weighted by Crippen LogP contribution is 2.28. The summed E-state index contributed by atoms with van der Waals surface area (Å²) in [6.45, 7) is 0. The standard InChI is InChI=1S/C11H16N2O/c1-13-8-7-12-11(13)10(14)9-5-3-2-4-6-9/h5,7-8,10,14H,2-4,6H2,1H3. The van der Waals surface area contributed by atoms with Crippen LogP contribution in [0.1, 0.15) is 37.6 Å². The summed E-state index contributed by atoms with van der Waals surface area (Å²) in [5.74, 6) is 0.748. The molecule has 1 aliphatic carbocycles. The molecule has 1 atom stereocenters. The van der Waals surface area contributed by atoms with Crippen LogP contribution >= 0.6 is 0 Å². The van der Waals surface area contributed by atoms with Crippen LogP contribution in [0.5, 0.6) is 0 Å². The third-order valence-electron chi connectivity index (χ3n) is 2.78. The van der Waals surface area contributed by atoms with Gasteiger partial charge >= 0.3 is 0 Å². The number of aryl methyl sites for hydroxylation is 1. The summed E-state index contributed by atoms with van der Waals surface area (Å²) in [5.41, 5.74) is 1.13. The molecule has 0 radical (unpaired) electrons. The first-order chi connectivity index (χ1) is 6.79. The van der Waals surface area contributed by atoms with Gasteiger partial charge in [0, 0.05) is 19.4 Å². The van der Waals surface area contributed by atoms with Crippen molar-refractivity contribution in [3.8, 4) is 0 Å². The predicted octanol–water partition coefficient (Wildman–Crippen LogP) is 1.95. The smallest absolute Gasteiger partial charge is 0.141 e. The predicted molar refractivity (Wildman–Crippen MR) is 54.7 cm³/mol. The highest BCUT2D eigenvalue weighted by molar-refractivity contribution is 5.17. The summed E-state index contributed by atoms with van der Waals surface area (Å²) >= 11 is 0. The molecule has 0 bridgehead atoms. The Labute approximate surface area is 84.1 Å². The van der Waals surface area contributed by atoms with E-state index in [1.807, 2.05) is 17.8 Å². The molecule has 3 heteroatoms. The molecule has 0 amide bonds. The minimum absolute atomic E-state index is 0.504. The molecule has 2 rings (SSSR count). The largest absolute Gasteiger partial charge is 0.381 e. The van der Waals surface area contributed by atoms with Crippen molar-refractivity contribution in [1.29, 1.82) is 0 Å². The van der Waals surface area contributed by atoms with Crippen LogP contribution in [0.15, 0.2) is 24.0 Å². The number of aromatic nitrogens is 2. The van der Waals surface area contributed by atoms with Crippen molar-refractivity contribution in [2.45, 2.75) is 31.8 Å². The molecule has 1 aromatic heterocycles. The van der Waals surface area contributed by atoms with E-state index in [4.69, 9.17) is 0 Å². The Balaban J connectivity index is 2.19. The van der Waals surface area contributed by atoms with Gasteiger partial charge < -0.3 is 9.67 Å². The number of rotatable bonds is 2. The van der Waals surface area contributed by atoms with E-state index in [2.05, 4.69) is 11.1 Å². The number of nitrogens with zero attached hydrogens (tertiary/aromatic N) is 2. The van der Waals surface area contributed by atoms with Crippen LogP contribution in [0, 0.1) is 0 Å². The average Bonchev–Trinajstić information content (AvgIpc) is 2.65. The lowest BCUT2D eigenvalue weighted by atomic mass is 9.95. The van der Waals surface area contributed by atoms with Crippen molar-refractivity contribution in [3.05, 3.63) is 29.9 Å². The first-order valence-corrected chi connectivity index (χ1v) is 5.13. The van der Waals surface area contributed by atoms with Crippen LogP contribution in [0.3, 0.4) is 0 Å².